The summed E-state index contributed by atoms with van der Waals surface area (Å²) in [5, 5.41) is 4.78. The van der Waals surface area contributed by atoms with Gasteiger partial charge in [0.05, 0.1) is 4.88 Å². The van der Waals surface area contributed by atoms with Gasteiger partial charge in [0.2, 0.25) is 0 Å². The van der Waals surface area contributed by atoms with Crippen LogP contribution < -0.4 is 15.0 Å². The number of hydrogen-bond donors (Lipinski definition) is 1. The minimum Gasteiger partial charge on any atom is -0.484 e. The highest BCUT2D eigenvalue weighted by Gasteiger charge is 2.22. The van der Waals surface area contributed by atoms with Crippen molar-refractivity contribution in [1.29, 1.82) is 0 Å². The van der Waals surface area contributed by atoms with Crippen LogP contribution in [0.25, 0.3) is 0 Å². The molecule has 0 saturated carbocycles. The van der Waals surface area contributed by atoms with E-state index in [0.717, 1.165) is 33.8 Å². The average molecular weight is 500 g/mol. The molecule has 0 unspecified atom stereocenters. The number of nitrogens with one attached hydrogen (secondary N) is 1. The van der Waals surface area contributed by atoms with Gasteiger partial charge in [-0.3, -0.25) is 9.59 Å². The van der Waals surface area contributed by atoms with Crippen molar-refractivity contribution >= 4 is 50.5 Å². The molecule has 0 bridgehead atoms. The fourth-order valence-corrected chi connectivity index (χ4v) is 4.31. The van der Waals surface area contributed by atoms with Gasteiger partial charge in [0.15, 0.2) is 6.61 Å². The van der Waals surface area contributed by atoms with Crippen LogP contribution in [0.4, 0.5) is 11.4 Å². The van der Waals surface area contributed by atoms with Gasteiger partial charge in [0.25, 0.3) is 11.8 Å². The zero-order chi connectivity index (χ0) is 21.6. The van der Waals surface area contributed by atoms with Gasteiger partial charge in [0, 0.05) is 42.0 Å². The van der Waals surface area contributed by atoms with E-state index in [1.165, 1.54) is 11.3 Å². The second kappa shape index (κ2) is 9.98. The first kappa shape index (κ1) is 21.4. The Bertz CT molecular complexity index is 1020. The van der Waals surface area contributed by atoms with Crippen molar-refractivity contribution in [2.75, 3.05) is 43.0 Å². The van der Waals surface area contributed by atoms with Gasteiger partial charge in [-0.1, -0.05) is 22.0 Å². The van der Waals surface area contributed by atoms with Gasteiger partial charge >= 0.3 is 0 Å². The quantitative estimate of drug-likeness (QED) is 0.542. The molecule has 1 N–H and O–H groups in total. The lowest BCUT2D eigenvalue weighted by Gasteiger charge is -2.36. The average Bonchev–Trinajstić information content (AvgIpc) is 3.34. The molecule has 31 heavy (non-hydrogen) atoms. The van der Waals surface area contributed by atoms with Crippen molar-refractivity contribution in [2.45, 2.75) is 0 Å². The van der Waals surface area contributed by atoms with Gasteiger partial charge in [-0.25, -0.2) is 0 Å². The maximum Gasteiger partial charge on any atom is 0.264 e. The Morgan fingerprint density at radius 2 is 1.68 bits per heavy atom. The molecule has 0 spiro atoms. The van der Waals surface area contributed by atoms with Gasteiger partial charge in [-0.15, -0.1) is 11.3 Å². The molecule has 6 nitrogen and oxygen atoms in total. The number of ether oxygens (including phenoxy) is 1. The highest BCUT2D eigenvalue weighted by atomic mass is 79.9. The van der Waals surface area contributed by atoms with Crippen LogP contribution in [0.2, 0.25) is 0 Å². The number of piperazine rings is 1. The zero-order valence-electron chi connectivity index (χ0n) is 16.8. The fourth-order valence-electron chi connectivity index (χ4n) is 3.36. The largest absolute Gasteiger partial charge is 0.484 e. The van der Waals surface area contributed by atoms with E-state index in [-0.39, 0.29) is 18.4 Å². The lowest BCUT2D eigenvalue weighted by molar-refractivity contribution is -0.118. The standard InChI is InChI=1S/C23H22BrN3O3S/c24-17-3-9-20(10-4-17)30-16-22(28)25-18-5-7-19(8-6-18)26-11-13-27(14-12-26)23(29)21-2-1-15-31-21/h1-10,15H,11-14,16H2,(H,25,28). The minimum absolute atomic E-state index is 0.0520. The van der Waals surface area contributed by atoms with Crippen molar-refractivity contribution in [3.63, 3.8) is 0 Å². The molecule has 1 aliphatic heterocycles. The first-order valence-electron chi connectivity index (χ1n) is 9.94. The summed E-state index contributed by atoms with van der Waals surface area (Å²) in [6.07, 6.45) is 0. The molecule has 2 aromatic carbocycles. The van der Waals surface area contributed by atoms with Crippen LogP contribution in [0.1, 0.15) is 9.67 Å². The number of benzene rings is 2. The third-order valence-electron chi connectivity index (χ3n) is 5.00. The van der Waals surface area contributed by atoms with E-state index in [2.05, 4.69) is 26.1 Å². The molecule has 3 aromatic rings. The summed E-state index contributed by atoms with van der Waals surface area (Å²) in [6, 6.07) is 18.9. The van der Waals surface area contributed by atoms with E-state index in [4.69, 9.17) is 4.74 Å². The predicted molar refractivity (Wildman–Crippen MR) is 127 cm³/mol. The summed E-state index contributed by atoms with van der Waals surface area (Å²) in [5.41, 5.74) is 1.80. The molecule has 8 heteroatoms. The summed E-state index contributed by atoms with van der Waals surface area (Å²) in [5.74, 6) is 0.542. The second-order valence-electron chi connectivity index (χ2n) is 7.09. The third kappa shape index (κ3) is 5.65. The Kier molecular flexibility index (Phi) is 6.89. The molecule has 2 amide bonds. The minimum atomic E-state index is -0.212. The van der Waals surface area contributed by atoms with Crippen LogP contribution in [0.15, 0.2) is 70.5 Å². The van der Waals surface area contributed by atoms with E-state index < -0.39 is 0 Å². The van der Waals surface area contributed by atoms with Crippen molar-refractivity contribution in [1.82, 2.24) is 4.90 Å². The Balaban J connectivity index is 1.25. The normalized spacial score (nSPS) is 13.7. The fraction of sp³-hybridized carbons (Fsp3) is 0.217. The van der Waals surface area contributed by atoms with Crippen LogP contribution >= 0.6 is 27.3 Å². The second-order valence-corrected chi connectivity index (χ2v) is 8.96. The van der Waals surface area contributed by atoms with Crippen molar-refractivity contribution in [3.05, 3.63) is 75.4 Å². The number of amides is 2. The number of carbonyl (C=O) groups is 2. The summed E-state index contributed by atoms with van der Waals surface area (Å²) in [7, 11) is 0. The molecule has 0 atom stereocenters. The van der Waals surface area contributed by atoms with E-state index >= 15 is 0 Å². The molecule has 1 aliphatic rings. The van der Waals surface area contributed by atoms with Crippen LogP contribution in [0, 0.1) is 0 Å². The Morgan fingerprint density at radius 1 is 0.968 bits per heavy atom. The summed E-state index contributed by atoms with van der Waals surface area (Å²) in [6.45, 7) is 2.91. The van der Waals surface area contributed by atoms with Gasteiger partial charge in [-0.05, 0) is 60.0 Å². The van der Waals surface area contributed by atoms with Crippen molar-refractivity contribution in [2.24, 2.45) is 0 Å². The first-order valence-corrected chi connectivity index (χ1v) is 11.6. The monoisotopic (exact) mass is 499 g/mol. The lowest BCUT2D eigenvalue weighted by Crippen LogP contribution is -2.48. The number of thiophene rings is 1. The Morgan fingerprint density at radius 3 is 2.32 bits per heavy atom. The highest BCUT2D eigenvalue weighted by Crippen LogP contribution is 2.21. The molecular weight excluding hydrogens is 478 g/mol. The van der Waals surface area contributed by atoms with Gasteiger partial charge < -0.3 is 19.9 Å². The Labute approximate surface area is 193 Å². The van der Waals surface area contributed by atoms with Gasteiger partial charge in [-0.2, -0.15) is 0 Å². The van der Waals surface area contributed by atoms with Crippen LogP contribution in [0.3, 0.4) is 0 Å². The number of nitrogens with zero attached hydrogens (tertiary/aromatic N) is 2. The molecule has 1 fully saturated rings. The molecule has 4 rings (SSSR count). The van der Waals surface area contributed by atoms with Crippen LogP contribution in [0.5, 0.6) is 5.75 Å². The van der Waals surface area contributed by atoms with E-state index in [9.17, 15) is 9.59 Å². The maximum atomic E-state index is 12.5. The number of hydrogen-bond acceptors (Lipinski definition) is 5. The number of anilines is 2. The highest BCUT2D eigenvalue weighted by molar-refractivity contribution is 9.10. The van der Waals surface area contributed by atoms with Crippen LogP contribution in [-0.4, -0.2) is 49.5 Å². The maximum absolute atomic E-state index is 12.5. The molecule has 1 aromatic heterocycles. The molecule has 160 valence electrons. The van der Waals surface area contributed by atoms with Crippen molar-refractivity contribution in [3.8, 4) is 5.75 Å². The number of rotatable bonds is 6. The zero-order valence-corrected chi connectivity index (χ0v) is 19.2. The topological polar surface area (TPSA) is 61.9 Å². The number of halogens is 1. The first-order chi connectivity index (χ1) is 15.1. The van der Waals surface area contributed by atoms with E-state index in [1.54, 1.807) is 12.1 Å². The predicted octanol–water partition coefficient (Wildman–Crippen LogP) is 4.49. The Hall–Kier alpha value is -2.84. The molecule has 0 aliphatic carbocycles. The molecule has 1 saturated heterocycles. The van der Waals surface area contributed by atoms with Crippen molar-refractivity contribution < 1.29 is 14.3 Å². The third-order valence-corrected chi connectivity index (χ3v) is 6.39. The molecule has 0 radical (unpaired) electrons. The van der Waals surface area contributed by atoms with E-state index in [1.807, 2.05) is 58.8 Å². The molecule has 2 heterocycles. The summed E-state index contributed by atoms with van der Waals surface area (Å²) >= 11 is 4.85. The van der Waals surface area contributed by atoms with Gasteiger partial charge in [0.1, 0.15) is 5.75 Å². The SMILES string of the molecule is O=C(COc1ccc(Br)cc1)Nc1ccc(N2CCN(C(=O)c3cccs3)CC2)cc1. The lowest BCUT2D eigenvalue weighted by atomic mass is 10.2. The summed E-state index contributed by atoms with van der Waals surface area (Å²) < 4.78 is 6.46. The number of carbonyl (C=O) groups excluding carboxylic acids is 2. The summed E-state index contributed by atoms with van der Waals surface area (Å²) in [4.78, 5) is 29.6. The molecular formula is C23H22BrN3O3S. The van der Waals surface area contributed by atoms with Crippen LogP contribution in [-0.2, 0) is 4.79 Å². The van der Waals surface area contributed by atoms with E-state index in [0.29, 0.717) is 18.8 Å². The smallest absolute Gasteiger partial charge is 0.264 e.